The van der Waals surface area contributed by atoms with Crippen LogP contribution in [0.25, 0.3) is 0 Å². The molecule has 0 aromatic carbocycles. The molecule has 0 atom stereocenters. The van der Waals surface area contributed by atoms with Gasteiger partial charge in [0.2, 0.25) is 0 Å². The summed E-state index contributed by atoms with van der Waals surface area (Å²) in [5, 5.41) is 27.2. The molecular weight excluding hydrogens is 318 g/mol. The number of β-amino-alcohol motifs (C(OH)–C–C–N with tert-alkyl or cyclic N) is 1. The van der Waals surface area contributed by atoms with Crippen molar-refractivity contribution in [2.24, 2.45) is 0 Å². The number of allylic oxidation sites excluding steroid dienone is 6. The zero-order valence-corrected chi connectivity index (χ0v) is 15.3. The van der Waals surface area contributed by atoms with Gasteiger partial charge in [-0.15, -0.1) is 0 Å². The molecule has 0 radical (unpaired) electrons. The number of nitrogens with zero attached hydrogens (tertiary/aromatic N) is 1. The van der Waals surface area contributed by atoms with Crippen molar-refractivity contribution >= 4 is 0 Å². The molecule has 0 fully saturated rings. The molecule has 1 heterocycles. The zero-order chi connectivity index (χ0) is 18.5. The second kappa shape index (κ2) is 12.7. The van der Waals surface area contributed by atoms with Crippen LogP contribution in [0.15, 0.2) is 59.0 Å². The molecule has 0 unspecified atom stereocenters. The van der Waals surface area contributed by atoms with Crippen LogP contribution in [0.3, 0.4) is 0 Å². The molecule has 0 spiro atoms. The van der Waals surface area contributed by atoms with E-state index in [9.17, 15) is 10.2 Å². The predicted octanol–water partition coefficient (Wildman–Crippen LogP) is 2.29. The van der Waals surface area contributed by atoms with E-state index in [-0.39, 0.29) is 19.8 Å². The average molecular weight is 349 g/mol. The minimum absolute atomic E-state index is 0.0351. The van der Waals surface area contributed by atoms with Gasteiger partial charge < -0.3 is 25.0 Å². The molecule has 0 saturated heterocycles. The van der Waals surface area contributed by atoms with E-state index in [1.54, 1.807) is 0 Å². The lowest BCUT2D eigenvalue weighted by atomic mass is 9.95. The first-order valence-electron chi connectivity index (χ1n) is 8.73. The van der Waals surface area contributed by atoms with Crippen LogP contribution < -0.4 is 0 Å². The van der Waals surface area contributed by atoms with Crippen LogP contribution in [0.1, 0.15) is 26.7 Å². The SMILES string of the molecule is C/C=C1/CC(CCO)=CN(CCO)/C1=C/C=C(C)/C=C/COCCO. The summed E-state index contributed by atoms with van der Waals surface area (Å²) in [6, 6.07) is 0. The first-order chi connectivity index (χ1) is 12.2. The number of ether oxygens (including phenoxy) is 1. The van der Waals surface area contributed by atoms with E-state index >= 15 is 0 Å². The van der Waals surface area contributed by atoms with Gasteiger partial charge in [0.05, 0.1) is 26.4 Å². The average Bonchev–Trinajstić information content (AvgIpc) is 2.60. The Morgan fingerprint density at radius 3 is 2.68 bits per heavy atom. The van der Waals surface area contributed by atoms with Crippen LogP contribution in [0.5, 0.6) is 0 Å². The van der Waals surface area contributed by atoms with Crippen LogP contribution in [0.4, 0.5) is 0 Å². The molecule has 0 aromatic heterocycles. The summed E-state index contributed by atoms with van der Waals surface area (Å²) in [5.41, 5.74) is 4.52. The van der Waals surface area contributed by atoms with Crippen molar-refractivity contribution in [3.8, 4) is 0 Å². The third-order valence-electron chi connectivity index (χ3n) is 3.85. The molecule has 0 aliphatic carbocycles. The van der Waals surface area contributed by atoms with Gasteiger partial charge in [-0.05, 0) is 43.9 Å². The van der Waals surface area contributed by atoms with Gasteiger partial charge in [0.25, 0.3) is 0 Å². The van der Waals surface area contributed by atoms with E-state index in [1.165, 1.54) is 11.1 Å². The summed E-state index contributed by atoms with van der Waals surface area (Å²) < 4.78 is 5.19. The minimum atomic E-state index is 0.0351. The maximum absolute atomic E-state index is 9.35. The maximum Gasteiger partial charge on any atom is 0.0701 e. The molecule has 5 nitrogen and oxygen atoms in total. The van der Waals surface area contributed by atoms with Gasteiger partial charge in [0.15, 0.2) is 0 Å². The lowest BCUT2D eigenvalue weighted by Gasteiger charge is -2.31. The van der Waals surface area contributed by atoms with Gasteiger partial charge in [-0.2, -0.15) is 0 Å². The second-order valence-electron chi connectivity index (χ2n) is 5.83. The van der Waals surface area contributed by atoms with Crippen molar-refractivity contribution < 1.29 is 20.1 Å². The minimum Gasteiger partial charge on any atom is -0.396 e. The van der Waals surface area contributed by atoms with E-state index < -0.39 is 0 Å². The first-order valence-corrected chi connectivity index (χ1v) is 8.73. The summed E-state index contributed by atoms with van der Waals surface area (Å²) in [6.07, 6.45) is 13.6. The highest BCUT2D eigenvalue weighted by Crippen LogP contribution is 2.30. The highest BCUT2D eigenvalue weighted by molar-refractivity contribution is 5.41. The number of hydrogen-bond acceptors (Lipinski definition) is 5. The van der Waals surface area contributed by atoms with Crippen LogP contribution >= 0.6 is 0 Å². The third-order valence-corrected chi connectivity index (χ3v) is 3.85. The Morgan fingerprint density at radius 1 is 1.24 bits per heavy atom. The van der Waals surface area contributed by atoms with E-state index in [0.29, 0.717) is 26.2 Å². The Labute approximate surface area is 150 Å². The van der Waals surface area contributed by atoms with E-state index in [0.717, 1.165) is 17.7 Å². The molecule has 0 bridgehead atoms. The third kappa shape index (κ3) is 7.84. The molecule has 140 valence electrons. The molecule has 5 heteroatoms. The predicted molar refractivity (Wildman–Crippen MR) is 101 cm³/mol. The van der Waals surface area contributed by atoms with Crippen molar-refractivity contribution in [1.82, 2.24) is 4.90 Å². The molecule has 3 N–H and O–H groups in total. The molecule has 0 amide bonds. The second-order valence-corrected chi connectivity index (χ2v) is 5.83. The standard InChI is InChI=1S/C20H31NO4/c1-3-19-15-18(8-10-22)16-21(9-11-23)20(19)7-6-17(2)5-4-13-25-14-12-24/h3-7,16,22-24H,8-15H2,1-2H3/b5-4+,17-6+,19-3-,20-7+. The quantitative estimate of drug-likeness (QED) is 0.417. The summed E-state index contributed by atoms with van der Waals surface area (Å²) in [7, 11) is 0. The van der Waals surface area contributed by atoms with Crippen molar-refractivity contribution in [1.29, 1.82) is 0 Å². The summed E-state index contributed by atoms with van der Waals surface area (Å²) in [6.45, 7) is 5.62. The maximum atomic E-state index is 9.35. The molecule has 1 rings (SSSR count). The highest BCUT2D eigenvalue weighted by atomic mass is 16.5. The molecule has 1 aliphatic heterocycles. The van der Waals surface area contributed by atoms with E-state index in [1.807, 2.05) is 43.2 Å². The topological polar surface area (TPSA) is 73.2 Å². The van der Waals surface area contributed by atoms with Gasteiger partial charge in [0, 0.05) is 25.0 Å². The van der Waals surface area contributed by atoms with Crippen molar-refractivity contribution in [2.45, 2.75) is 26.7 Å². The molecule has 0 aromatic rings. The Morgan fingerprint density at radius 2 is 2.04 bits per heavy atom. The Bertz CT molecular complexity index is 544. The van der Waals surface area contributed by atoms with E-state index in [4.69, 9.17) is 9.84 Å². The normalized spacial score (nSPS) is 19.3. The molecule has 25 heavy (non-hydrogen) atoms. The fourth-order valence-corrected chi connectivity index (χ4v) is 2.61. The van der Waals surface area contributed by atoms with Crippen LogP contribution in [0.2, 0.25) is 0 Å². The fourth-order valence-electron chi connectivity index (χ4n) is 2.61. The van der Waals surface area contributed by atoms with Crippen LogP contribution in [-0.4, -0.2) is 59.8 Å². The van der Waals surface area contributed by atoms with Gasteiger partial charge in [-0.3, -0.25) is 0 Å². The lowest BCUT2D eigenvalue weighted by molar-refractivity contribution is 0.112. The van der Waals surface area contributed by atoms with Crippen LogP contribution in [0, 0.1) is 0 Å². The Hall–Kier alpha value is -1.66. The lowest BCUT2D eigenvalue weighted by Crippen LogP contribution is -2.26. The monoisotopic (exact) mass is 349 g/mol. The van der Waals surface area contributed by atoms with Gasteiger partial charge in [-0.25, -0.2) is 0 Å². The number of aliphatic hydroxyl groups is 3. The zero-order valence-electron chi connectivity index (χ0n) is 15.3. The number of hydrogen-bond donors (Lipinski definition) is 3. The summed E-state index contributed by atoms with van der Waals surface area (Å²) in [4.78, 5) is 2.04. The Balaban J connectivity index is 2.89. The van der Waals surface area contributed by atoms with Crippen LogP contribution in [-0.2, 0) is 4.74 Å². The summed E-state index contributed by atoms with van der Waals surface area (Å²) >= 11 is 0. The van der Waals surface area contributed by atoms with Crippen molar-refractivity contribution in [3.63, 3.8) is 0 Å². The smallest absolute Gasteiger partial charge is 0.0701 e. The molecular formula is C20H31NO4. The van der Waals surface area contributed by atoms with Gasteiger partial charge >= 0.3 is 0 Å². The molecule has 1 aliphatic rings. The Kier molecular flexibility index (Phi) is 10.8. The number of rotatable bonds is 10. The van der Waals surface area contributed by atoms with Gasteiger partial charge in [0.1, 0.15) is 0 Å². The first kappa shape index (κ1) is 21.4. The highest BCUT2D eigenvalue weighted by Gasteiger charge is 2.18. The summed E-state index contributed by atoms with van der Waals surface area (Å²) in [5.74, 6) is 0. The van der Waals surface area contributed by atoms with Gasteiger partial charge in [-0.1, -0.05) is 29.9 Å². The van der Waals surface area contributed by atoms with Crippen molar-refractivity contribution in [3.05, 3.63) is 59.0 Å². The van der Waals surface area contributed by atoms with E-state index in [2.05, 4.69) is 12.2 Å². The van der Waals surface area contributed by atoms with Crippen molar-refractivity contribution in [2.75, 3.05) is 39.6 Å². The molecule has 0 saturated carbocycles. The largest absolute Gasteiger partial charge is 0.396 e. The number of aliphatic hydroxyl groups excluding tert-OH is 3. The fraction of sp³-hybridized carbons (Fsp3) is 0.500.